The molecule has 0 heterocycles. The standard InChI is InChI=1S/C8H17NO2/c1-4-6(2)5-7(9)8(10)11-3/h6-7H,4-5,9H2,1-3H3/t6?,7-/m0/s1. The van der Waals surface area contributed by atoms with Gasteiger partial charge in [0.15, 0.2) is 0 Å². The van der Waals surface area contributed by atoms with Gasteiger partial charge in [0.25, 0.3) is 0 Å². The van der Waals surface area contributed by atoms with Crippen LogP contribution in [-0.2, 0) is 9.53 Å². The molecule has 11 heavy (non-hydrogen) atoms. The summed E-state index contributed by atoms with van der Waals surface area (Å²) in [6, 6.07) is -0.449. The predicted octanol–water partition coefficient (Wildman–Crippen LogP) is 0.923. The van der Waals surface area contributed by atoms with E-state index in [0.29, 0.717) is 12.3 Å². The molecule has 0 aromatic rings. The van der Waals surface area contributed by atoms with Crippen LogP contribution in [0, 0.1) is 5.92 Å². The topological polar surface area (TPSA) is 52.3 Å². The van der Waals surface area contributed by atoms with Gasteiger partial charge in [0.2, 0.25) is 0 Å². The molecule has 0 spiro atoms. The molecule has 2 atom stereocenters. The summed E-state index contributed by atoms with van der Waals surface area (Å²) < 4.78 is 4.49. The summed E-state index contributed by atoms with van der Waals surface area (Å²) in [7, 11) is 1.36. The van der Waals surface area contributed by atoms with Crippen LogP contribution in [0.4, 0.5) is 0 Å². The van der Waals surface area contributed by atoms with E-state index in [4.69, 9.17) is 5.73 Å². The molecular formula is C8H17NO2. The van der Waals surface area contributed by atoms with Crippen molar-refractivity contribution in [2.75, 3.05) is 7.11 Å². The smallest absolute Gasteiger partial charge is 0.322 e. The third-order valence-electron chi connectivity index (χ3n) is 1.86. The SMILES string of the molecule is CCC(C)C[C@H](N)C(=O)OC. The Morgan fingerprint density at radius 1 is 1.64 bits per heavy atom. The molecule has 0 aromatic heterocycles. The highest BCUT2D eigenvalue weighted by molar-refractivity contribution is 5.75. The minimum Gasteiger partial charge on any atom is -0.468 e. The van der Waals surface area contributed by atoms with Crippen molar-refractivity contribution in [1.29, 1.82) is 0 Å². The van der Waals surface area contributed by atoms with Crippen LogP contribution in [0.3, 0.4) is 0 Å². The Morgan fingerprint density at radius 3 is 2.55 bits per heavy atom. The number of ether oxygens (including phenoxy) is 1. The highest BCUT2D eigenvalue weighted by Crippen LogP contribution is 2.08. The predicted molar refractivity (Wildman–Crippen MR) is 44.1 cm³/mol. The average Bonchev–Trinajstić information content (AvgIpc) is 2.02. The van der Waals surface area contributed by atoms with Crippen molar-refractivity contribution < 1.29 is 9.53 Å². The molecule has 0 aliphatic heterocycles. The van der Waals surface area contributed by atoms with Gasteiger partial charge in [-0.3, -0.25) is 4.79 Å². The Morgan fingerprint density at radius 2 is 2.18 bits per heavy atom. The van der Waals surface area contributed by atoms with E-state index in [1.807, 2.05) is 0 Å². The van der Waals surface area contributed by atoms with Crippen molar-refractivity contribution >= 4 is 5.97 Å². The monoisotopic (exact) mass is 159 g/mol. The molecule has 0 aromatic carbocycles. The number of hydrogen-bond donors (Lipinski definition) is 1. The Balaban J connectivity index is 3.67. The normalized spacial score (nSPS) is 15.6. The van der Waals surface area contributed by atoms with Gasteiger partial charge in [0, 0.05) is 0 Å². The summed E-state index contributed by atoms with van der Waals surface area (Å²) in [6.07, 6.45) is 1.76. The van der Waals surface area contributed by atoms with E-state index in [2.05, 4.69) is 18.6 Å². The molecule has 0 fully saturated rings. The molecule has 0 saturated heterocycles. The molecule has 0 bridgehead atoms. The summed E-state index contributed by atoms with van der Waals surface area (Å²) >= 11 is 0. The zero-order valence-corrected chi connectivity index (χ0v) is 7.46. The Bertz CT molecular complexity index is 125. The third kappa shape index (κ3) is 3.98. The van der Waals surface area contributed by atoms with E-state index >= 15 is 0 Å². The maximum Gasteiger partial charge on any atom is 0.322 e. The van der Waals surface area contributed by atoms with Gasteiger partial charge in [0.05, 0.1) is 7.11 Å². The van der Waals surface area contributed by atoms with Gasteiger partial charge in [-0.25, -0.2) is 0 Å². The van der Waals surface area contributed by atoms with Crippen LogP contribution in [0.5, 0.6) is 0 Å². The van der Waals surface area contributed by atoms with Crippen LogP contribution in [0.25, 0.3) is 0 Å². The number of nitrogens with two attached hydrogens (primary N) is 1. The van der Waals surface area contributed by atoms with Gasteiger partial charge in [-0.15, -0.1) is 0 Å². The van der Waals surface area contributed by atoms with Gasteiger partial charge in [-0.05, 0) is 12.3 Å². The van der Waals surface area contributed by atoms with Gasteiger partial charge in [-0.1, -0.05) is 20.3 Å². The Kier molecular flexibility index (Phi) is 4.86. The third-order valence-corrected chi connectivity index (χ3v) is 1.86. The number of rotatable bonds is 4. The van der Waals surface area contributed by atoms with Crippen molar-refractivity contribution in [3.63, 3.8) is 0 Å². The summed E-state index contributed by atoms with van der Waals surface area (Å²) in [5.41, 5.74) is 5.53. The van der Waals surface area contributed by atoms with Crippen LogP contribution in [0.2, 0.25) is 0 Å². The molecule has 0 amide bonds. The van der Waals surface area contributed by atoms with Crippen LogP contribution in [0.1, 0.15) is 26.7 Å². The van der Waals surface area contributed by atoms with Crippen molar-refractivity contribution in [3.05, 3.63) is 0 Å². The second-order valence-corrected chi connectivity index (χ2v) is 2.88. The van der Waals surface area contributed by atoms with E-state index in [1.54, 1.807) is 0 Å². The average molecular weight is 159 g/mol. The lowest BCUT2D eigenvalue weighted by atomic mass is 10.0. The van der Waals surface area contributed by atoms with Gasteiger partial charge >= 0.3 is 5.97 Å². The van der Waals surface area contributed by atoms with Crippen molar-refractivity contribution in [2.24, 2.45) is 11.7 Å². The molecule has 3 heteroatoms. The molecule has 0 radical (unpaired) electrons. The fourth-order valence-electron chi connectivity index (χ4n) is 0.848. The summed E-state index contributed by atoms with van der Waals surface area (Å²) in [4.78, 5) is 10.8. The van der Waals surface area contributed by atoms with E-state index < -0.39 is 6.04 Å². The first-order chi connectivity index (χ1) is 5.11. The lowest BCUT2D eigenvalue weighted by Crippen LogP contribution is -2.33. The maximum absolute atomic E-state index is 10.8. The number of hydrogen-bond acceptors (Lipinski definition) is 3. The Hall–Kier alpha value is -0.570. The first kappa shape index (κ1) is 10.4. The highest BCUT2D eigenvalue weighted by Gasteiger charge is 2.15. The first-order valence-electron chi connectivity index (χ1n) is 3.95. The van der Waals surface area contributed by atoms with Crippen molar-refractivity contribution in [2.45, 2.75) is 32.7 Å². The largest absolute Gasteiger partial charge is 0.468 e. The molecule has 0 rings (SSSR count). The van der Waals surface area contributed by atoms with E-state index in [1.165, 1.54) is 7.11 Å². The van der Waals surface area contributed by atoms with Crippen molar-refractivity contribution in [3.8, 4) is 0 Å². The molecule has 0 saturated carbocycles. The summed E-state index contributed by atoms with van der Waals surface area (Å²) in [5.74, 6) is 0.175. The second kappa shape index (κ2) is 5.13. The molecule has 1 unspecified atom stereocenters. The second-order valence-electron chi connectivity index (χ2n) is 2.88. The molecule has 2 N–H and O–H groups in total. The van der Waals surface area contributed by atoms with Crippen LogP contribution >= 0.6 is 0 Å². The lowest BCUT2D eigenvalue weighted by molar-refractivity contribution is -0.142. The van der Waals surface area contributed by atoms with Crippen LogP contribution < -0.4 is 5.73 Å². The zero-order chi connectivity index (χ0) is 8.85. The molecular weight excluding hydrogens is 142 g/mol. The molecule has 3 nitrogen and oxygen atoms in total. The molecule has 0 aliphatic rings. The number of carbonyl (C=O) groups excluding carboxylic acids is 1. The van der Waals surface area contributed by atoms with Crippen LogP contribution in [-0.4, -0.2) is 19.1 Å². The number of esters is 1. The first-order valence-corrected chi connectivity index (χ1v) is 3.95. The van der Waals surface area contributed by atoms with Gasteiger partial charge in [-0.2, -0.15) is 0 Å². The molecule has 0 aliphatic carbocycles. The number of carbonyl (C=O) groups is 1. The van der Waals surface area contributed by atoms with Crippen molar-refractivity contribution in [1.82, 2.24) is 0 Å². The minimum absolute atomic E-state index is 0.315. The van der Waals surface area contributed by atoms with Gasteiger partial charge in [0.1, 0.15) is 6.04 Å². The molecule has 66 valence electrons. The lowest BCUT2D eigenvalue weighted by Gasteiger charge is -2.12. The van der Waals surface area contributed by atoms with Crippen LogP contribution in [0.15, 0.2) is 0 Å². The Labute approximate surface area is 67.9 Å². The van der Waals surface area contributed by atoms with E-state index in [0.717, 1.165) is 6.42 Å². The fraction of sp³-hybridized carbons (Fsp3) is 0.875. The quantitative estimate of drug-likeness (QED) is 0.621. The maximum atomic E-state index is 10.8. The zero-order valence-electron chi connectivity index (χ0n) is 7.46. The highest BCUT2D eigenvalue weighted by atomic mass is 16.5. The van der Waals surface area contributed by atoms with Gasteiger partial charge < -0.3 is 10.5 Å². The summed E-state index contributed by atoms with van der Waals surface area (Å²) in [6.45, 7) is 4.15. The summed E-state index contributed by atoms with van der Waals surface area (Å²) in [5, 5.41) is 0. The number of methoxy groups -OCH3 is 1. The van der Waals surface area contributed by atoms with E-state index in [-0.39, 0.29) is 5.97 Å². The minimum atomic E-state index is -0.449. The van der Waals surface area contributed by atoms with E-state index in [9.17, 15) is 4.79 Å². The fourth-order valence-corrected chi connectivity index (χ4v) is 0.848.